The summed E-state index contributed by atoms with van der Waals surface area (Å²) in [7, 11) is 0. The van der Waals surface area contributed by atoms with Gasteiger partial charge in [0.15, 0.2) is 0 Å². The number of piperazine rings is 2. The molecule has 5 heteroatoms. The highest BCUT2D eigenvalue weighted by Crippen LogP contribution is 2.15. The summed E-state index contributed by atoms with van der Waals surface area (Å²) in [6, 6.07) is 0.378. The lowest BCUT2D eigenvalue weighted by Crippen LogP contribution is -2.66. The second kappa shape index (κ2) is 3.81. The van der Waals surface area contributed by atoms with Crippen LogP contribution in [0.15, 0.2) is 0 Å². The average molecular weight is 211 g/mol. The van der Waals surface area contributed by atoms with Crippen LogP contribution in [0.3, 0.4) is 0 Å². The summed E-state index contributed by atoms with van der Waals surface area (Å²) in [6.07, 6.45) is 0. The normalized spacial score (nSPS) is 27.3. The Labute approximate surface area is 89.4 Å². The zero-order chi connectivity index (χ0) is 11.0. The maximum Gasteiger partial charge on any atom is 0.242 e. The van der Waals surface area contributed by atoms with Gasteiger partial charge in [-0.25, -0.2) is 0 Å². The quantitative estimate of drug-likeness (QED) is 0.607. The van der Waals surface area contributed by atoms with Crippen molar-refractivity contribution in [3.63, 3.8) is 0 Å². The van der Waals surface area contributed by atoms with Crippen LogP contribution in [0.25, 0.3) is 0 Å². The predicted octanol–water partition coefficient (Wildman–Crippen LogP) is -0.963. The third kappa shape index (κ3) is 1.84. The highest BCUT2D eigenvalue weighted by atomic mass is 16.2. The van der Waals surface area contributed by atoms with Crippen molar-refractivity contribution in [3.8, 4) is 0 Å². The van der Waals surface area contributed by atoms with Crippen molar-refractivity contribution in [2.24, 2.45) is 0 Å². The van der Waals surface area contributed by atoms with Crippen molar-refractivity contribution in [3.05, 3.63) is 0 Å². The van der Waals surface area contributed by atoms with Crippen molar-refractivity contribution >= 4 is 11.8 Å². The van der Waals surface area contributed by atoms with Gasteiger partial charge in [0, 0.05) is 19.1 Å². The van der Waals surface area contributed by atoms with Gasteiger partial charge in [-0.15, -0.1) is 0 Å². The van der Waals surface area contributed by atoms with Gasteiger partial charge in [0.1, 0.15) is 6.54 Å². The second-order valence-electron chi connectivity index (χ2n) is 4.45. The van der Waals surface area contributed by atoms with Crippen molar-refractivity contribution in [2.45, 2.75) is 25.9 Å². The first-order valence-corrected chi connectivity index (χ1v) is 5.39. The molecule has 5 nitrogen and oxygen atoms in total. The van der Waals surface area contributed by atoms with Crippen molar-refractivity contribution in [1.82, 2.24) is 15.1 Å². The van der Waals surface area contributed by atoms with Crippen LogP contribution in [-0.4, -0.2) is 59.9 Å². The van der Waals surface area contributed by atoms with Gasteiger partial charge < -0.3 is 15.1 Å². The highest BCUT2D eigenvalue weighted by Gasteiger charge is 2.37. The summed E-state index contributed by atoms with van der Waals surface area (Å²) in [5.74, 6) is 0.111. The molecule has 0 bridgehead atoms. The fraction of sp³-hybridized carbons (Fsp3) is 0.800. The smallest absolute Gasteiger partial charge is 0.242 e. The first-order chi connectivity index (χ1) is 7.09. The van der Waals surface area contributed by atoms with E-state index in [-0.39, 0.29) is 30.4 Å². The second-order valence-corrected chi connectivity index (χ2v) is 4.45. The average Bonchev–Trinajstić information content (AvgIpc) is 2.18. The lowest BCUT2D eigenvalue weighted by Gasteiger charge is -2.44. The molecule has 2 heterocycles. The van der Waals surface area contributed by atoms with E-state index in [1.165, 1.54) is 0 Å². The number of hydrogen-bond donors (Lipinski definition) is 1. The van der Waals surface area contributed by atoms with E-state index in [1.54, 1.807) is 4.90 Å². The van der Waals surface area contributed by atoms with Crippen LogP contribution in [0, 0.1) is 0 Å². The summed E-state index contributed by atoms with van der Waals surface area (Å²) < 4.78 is 0. The molecule has 0 aromatic carbocycles. The number of amides is 2. The van der Waals surface area contributed by atoms with Gasteiger partial charge in [0.2, 0.25) is 11.8 Å². The van der Waals surface area contributed by atoms with E-state index in [2.05, 4.69) is 5.32 Å². The molecule has 2 aliphatic rings. The van der Waals surface area contributed by atoms with Gasteiger partial charge in [-0.1, -0.05) is 0 Å². The van der Waals surface area contributed by atoms with E-state index in [4.69, 9.17) is 0 Å². The molecule has 1 unspecified atom stereocenters. The minimum atomic E-state index is 0.0445. The van der Waals surface area contributed by atoms with Crippen LogP contribution in [0.5, 0.6) is 0 Å². The van der Waals surface area contributed by atoms with Gasteiger partial charge in [-0.05, 0) is 13.8 Å². The van der Waals surface area contributed by atoms with Crippen molar-refractivity contribution in [2.75, 3.05) is 26.2 Å². The number of fused-ring (bicyclic) bond motifs is 1. The van der Waals surface area contributed by atoms with Gasteiger partial charge in [0.05, 0.1) is 12.6 Å². The number of nitrogens with one attached hydrogen (secondary N) is 1. The summed E-state index contributed by atoms with van der Waals surface area (Å²) in [5, 5.41) is 3.08. The van der Waals surface area contributed by atoms with Gasteiger partial charge in [0.25, 0.3) is 0 Å². The SMILES string of the molecule is CC(C)N1CC2CNCC(=O)N2CC1=O. The standard InChI is InChI=1S/C10H17N3O2/c1-7(2)12-5-8-3-11-4-9(14)13(8)6-10(12)15/h7-8,11H,3-6H2,1-2H3. The molecular weight excluding hydrogens is 194 g/mol. The van der Waals surface area contributed by atoms with E-state index >= 15 is 0 Å². The van der Waals surface area contributed by atoms with E-state index in [1.807, 2.05) is 18.7 Å². The number of carbonyl (C=O) groups excluding carboxylic acids is 2. The molecule has 2 rings (SSSR count). The Bertz CT molecular complexity index is 290. The molecule has 2 fully saturated rings. The Balaban J connectivity index is 2.11. The molecular formula is C10H17N3O2. The fourth-order valence-electron chi connectivity index (χ4n) is 2.21. The van der Waals surface area contributed by atoms with Gasteiger partial charge >= 0.3 is 0 Å². The van der Waals surface area contributed by atoms with E-state index in [0.717, 1.165) is 6.54 Å². The van der Waals surface area contributed by atoms with Crippen molar-refractivity contribution < 1.29 is 9.59 Å². The number of rotatable bonds is 1. The van der Waals surface area contributed by atoms with Crippen LogP contribution in [0.2, 0.25) is 0 Å². The zero-order valence-electron chi connectivity index (χ0n) is 9.19. The summed E-state index contributed by atoms with van der Waals surface area (Å²) in [4.78, 5) is 26.8. The van der Waals surface area contributed by atoms with Crippen LogP contribution < -0.4 is 5.32 Å². The Morgan fingerprint density at radius 2 is 2.07 bits per heavy atom. The molecule has 1 N–H and O–H groups in total. The lowest BCUT2D eigenvalue weighted by atomic mass is 10.1. The molecule has 1 atom stereocenters. The maximum absolute atomic E-state index is 11.7. The molecule has 0 aromatic heterocycles. The molecule has 0 aromatic rings. The number of carbonyl (C=O) groups is 2. The van der Waals surface area contributed by atoms with Gasteiger partial charge in [-0.3, -0.25) is 9.59 Å². The monoisotopic (exact) mass is 211 g/mol. The number of hydrogen-bond acceptors (Lipinski definition) is 3. The first-order valence-electron chi connectivity index (χ1n) is 5.39. The van der Waals surface area contributed by atoms with Gasteiger partial charge in [-0.2, -0.15) is 0 Å². The summed E-state index contributed by atoms with van der Waals surface area (Å²) in [5.41, 5.74) is 0. The molecule has 2 aliphatic heterocycles. The van der Waals surface area contributed by atoms with Crippen LogP contribution >= 0.6 is 0 Å². The lowest BCUT2D eigenvalue weighted by molar-refractivity contribution is -0.152. The minimum absolute atomic E-state index is 0.0445. The highest BCUT2D eigenvalue weighted by molar-refractivity contribution is 5.88. The Morgan fingerprint density at radius 3 is 2.73 bits per heavy atom. The molecule has 15 heavy (non-hydrogen) atoms. The molecule has 0 aliphatic carbocycles. The third-order valence-corrected chi connectivity index (χ3v) is 3.07. The Kier molecular flexibility index (Phi) is 2.65. The van der Waals surface area contributed by atoms with Crippen molar-refractivity contribution in [1.29, 1.82) is 0 Å². The first kappa shape index (κ1) is 10.4. The molecule has 84 valence electrons. The molecule has 0 spiro atoms. The zero-order valence-corrected chi connectivity index (χ0v) is 9.19. The van der Waals surface area contributed by atoms with Crippen LogP contribution in [-0.2, 0) is 9.59 Å². The molecule has 0 radical (unpaired) electrons. The van der Waals surface area contributed by atoms with E-state index in [0.29, 0.717) is 13.1 Å². The fourth-order valence-corrected chi connectivity index (χ4v) is 2.21. The number of nitrogens with zero attached hydrogens (tertiary/aromatic N) is 2. The Morgan fingerprint density at radius 1 is 1.33 bits per heavy atom. The molecule has 2 saturated heterocycles. The summed E-state index contributed by atoms with van der Waals surface area (Å²) >= 11 is 0. The minimum Gasteiger partial charge on any atom is -0.337 e. The maximum atomic E-state index is 11.7. The van der Waals surface area contributed by atoms with E-state index < -0.39 is 0 Å². The van der Waals surface area contributed by atoms with Crippen LogP contribution in [0.4, 0.5) is 0 Å². The molecule has 0 saturated carbocycles. The van der Waals surface area contributed by atoms with E-state index in [9.17, 15) is 9.59 Å². The predicted molar refractivity (Wildman–Crippen MR) is 55.2 cm³/mol. The molecule has 2 amide bonds. The topological polar surface area (TPSA) is 52.7 Å². The third-order valence-electron chi connectivity index (χ3n) is 3.07. The van der Waals surface area contributed by atoms with Crippen LogP contribution in [0.1, 0.15) is 13.8 Å². The largest absolute Gasteiger partial charge is 0.337 e. The summed E-state index contributed by atoms with van der Waals surface area (Å²) in [6.45, 7) is 6.09. The Hall–Kier alpha value is -1.10.